The maximum atomic E-state index is 12.6. The molecule has 6 heteroatoms. The fourth-order valence-corrected chi connectivity index (χ4v) is 4.15. The molecule has 0 spiro atoms. The number of para-hydroxylation sites is 1. The minimum atomic E-state index is -0.0468. The highest BCUT2D eigenvalue weighted by atomic mass is 35.5. The standard InChI is InChI=1S/C21H24ClN3O2/c22-17-4-5-19(26)18(12-17)24-21(27)15-7-10-25(11-8-15)13-16-3-1-2-14-6-9-23-20(14)16/h1-5,12,15,23,26H,6-11,13H2,(H,24,27). The van der Waals surface area contributed by atoms with Gasteiger partial charge in [0.15, 0.2) is 0 Å². The predicted octanol–water partition coefficient (Wildman–Crippen LogP) is 3.86. The Morgan fingerprint density at radius 3 is 2.89 bits per heavy atom. The van der Waals surface area contributed by atoms with Crippen LogP contribution in [0.15, 0.2) is 36.4 Å². The van der Waals surface area contributed by atoms with Gasteiger partial charge in [0.1, 0.15) is 5.75 Å². The average molecular weight is 386 g/mol. The lowest BCUT2D eigenvalue weighted by molar-refractivity contribution is -0.121. The van der Waals surface area contributed by atoms with E-state index < -0.39 is 0 Å². The van der Waals surface area contributed by atoms with Gasteiger partial charge in [-0.1, -0.05) is 29.8 Å². The molecular weight excluding hydrogens is 362 g/mol. The summed E-state index contributed by atoms with van der Waals surface area (Å²) < 4.78 is 0. The summed E-state index contributed by atoms with van der Waals surface area (Å²) in [5.41, 5.74) is 4.43. The molecule has 0 radical (unpaired) electrons. The average Bonchev–Trinajstić information content (AvgIpc) is 3.15. The highest BCUT2D eigenvalue weighted by Crippen LogP contribution is 2.30. The first-order valence-corrected chi connectivity index (χ1v) is 9.84. The number of likely N-dealkylation sites (tertiary alicyclic amines) is 1. The number of aromatic hydroxyl groups is 1. The topological polar surface area (TPSA) is 64.6 Å². The molecular formula is C21H24ClN3O2. The van der Waals surface area contributed by atoms with E-state index in [1.165, 1.54) is 22.9 Å². The molecule has 0 bridgehead atoms. The van der Waals surface area contributed by atoms with Crippen LogP contribution < -0.4 is 10.6 Å². The van der Waals surface area contributed by atoms with Gasteiger partial charge in [0.05, 0.1) is 5.69 Å². The molecule has 2 aliphatic heterocycles. The molecule has 2 aliphatic rings. The first-order valence-electron chi connectivity index (χ1n) is 9.46. The van der Waals surface area contributed by atoms with Crippen molar-refractivity contribution in [3.05, 3.63) is 52.5 Å². The quantitative estimate of drug-likeness (QED) is 0.699. The van der Waals surface area contributed by atoms with Crippen molar-refractivity contribution < 1.29 is 9.90 Å². The van der Waals surface area contributed by atoms with Gasteiger partial charge in [0, 0.05) is 29.7 Å². The fourth-order valence-electron chi connectivity index (χ4n) is 3.98. The number of carbonyl (C=O) groups excluding carboxylic acids is 1. The normalized spacial score (nSPS) is 17.4. The second kappa shape index (κ2) is 7.79. The molecule has 2 aromatic rings. The summed E-state index contributed by atoms with van der Waals surface area (Å²) in [4.78, 5) is 15.0. The van der Waals surface area contributed by atoms with E-state index >= 15 is 0 Å². The molecule has 5 nitrogen and oxygen atoms in total. The van der Waals surface area contributed by atoms with E-state index in [1.807, 2.05) is 0 Å². The van der Waals surface area contributed by atoms with Crippen molar-refractivity contribution >= 4 is 28.9 Å². The Morgan fingerprint density at radius 1 is 1.26 bits per heavy atom. The van der Waals surface area contributed by atoms with E-state index in [1.54, 1.807) is 12.1 Å². The van der Waals surface area contributed by atoms with Gasteiger partial charge in [-0.25, -0.2) is 0 Å². The SMILES string of the molecule is O=C(Nc1cc(Cl)ccc1O)C1CCN(Cc2cccc3c2NCC3)CC1. The van der Waals surface area contributed by atoms with E-state index in [-0.39, 0.29) is 17.6 Å². The summed E-state index contributed by atoms with van der Waals surface area (Å²) in [5.74, 6) is -0.0515. The number of nitrogens with one attached hydrogen (secondary N) is 2. The number of nitrogens with zero attached hydrogens (tertiary/aromatic N) is 1. The number of halogens is 1. The van der Waals surface area contributed by atoms with Crippen LogP contribution in [-0.4, -0.2) is 35.5 Å². The predicted molar refractivity (Wildman–Crippen MR) is 108 cm³/mol. The lowest BCUT2D eigenvalue weighted by Crippen LogP contribution is -2.37. The Labute approximate surface area is 164 Å². The monoisotopic (exact) mass is 385 g/mol. The number of carbonyl (C=O) groups is 1. The van der Waals surface area contributed by atoms with Crippen molar-refractivity contribution in [3.8, 4) is 5.75 Å². The van der Waals surface area contributed by atoms with E-state index in [0.29, 0.717) is 10.7 Å². The zero-order valence-corrected chi connectivity index (χ0v) is 15.9. The molecule has 0 atom stereocenters. The summed E-state index contributed by atoms with van der Waals surface area (Å²) in [6.07, 6.45) is 2.73. The van der Waals surface area contributed by atoms with Gasteiger partial charge in [-0.3, -0.25) is 9.69 Å². The number of fused-ring (bicyclic) bond motifs is 1. The van der Waals surface area contributed by atoms with Crippen molar-refractivity contribution in [2.75, 3.05) is 30.3 Å². The zero-order chi connectivity index (χ0) is 18.8. The molecule has 1 fully saturated rings. The first-order chi connectivity index (χ1) is 13.1. The van der Waals surface area contributed by atoms with Crippen LogP contribution in [0.3, 0.4) is 0 Å². The van der Waals surface area contributed by atoms with E-state index in [4.69, 9.17) is 11.6 Å². The molecule has 0 saturated carbocycles. The molecule has 1 amide bonds. The summed E-state index contributed by atoms with van der Waals surface area (Å²) in [6.45, 7) is 3.72. The van der Waals surface area contributed by atoms with Gasteiger partial charge < -0.3 is 15.7 Å². The summed E-state index contributed by atoms with van der Waals surface area (Å²) in [5, 5.41) is 16.7. The van der Waals surface area contributed by atoms with Crippen LogP contribution in [0.25, 0.3) is 0 Å². The Kier molecular flexibility index (Phi) is 5.23. The van der Waals surface area contributed by atoms with Crippen LogP contribution >= 0.6 is 11.6 Å². The molecule has 0 aliphatic carbocycles. The van der Waals surface area contributed by atoms with E-state index in [2.05, 4.69) is 33.7 Å². The molecule has 142 valence electrons. The van der Waals surface area contributed by atoms with E-state index in [9.17, 15) is 9.90 Å². The van der Waals surface area contributed by atoms with Gasteiger partial charge in [0.2, 0.25) is 5.91 Å². The molecule has 2 aromatic carbocycles. The Bertz CT molecular complexity index is 847. The smallest absolute Gasteiger partial charge is 0.227 e. The third-order valence-corrected chi connectivity index (χ3v) is 5.74. The summed E-state index contributed by atoms with van der Waals surface area (Å²) in [6, 6.07) is 11.2. The molecule has 3 N–H and O–H groups in total. The highest BCUT2D eigenvalue weighted by molar-refractivity contribution is 6.31. The number of phenolic OH excluding ortho intramolecular Hbond substituents is 1. The van der Waals surface area contributed by atoms with Crippen LogP contribution in [0.2, 0.25) is 5.02 Å². The zero-order valence-electron chi connectivity index (χ0n) is 15.2. The minimum absolute atomic E-state index is 0.0376. The Balaban J connectivity index is 1.33. The first kappa shape index (κ1) is 18.1. The van der Waals surface area contributed by atoms with Crippen molar-refractivity contribution in [1.82, 2.24) is 4.90 Å². The van der Waals surface area contributed by atoms with Crippen molar-refractivity contribution in [1.29, 1.82) is 0 Å². The number of benzene rings is 2. The Hall–Kier alpha value is -2.24. The number of phenols is 1. The van der Waals surface area contributed by atoms with Crippen molar-refractivity contribution in [2.24, 2.45) is 5.92 Å². The minimum Gasteiger partial charge on any atom is -0.506 e. The second-order valence-electron chi connectivity index (χ2n) is 7.33. The molecule has 2 heterocycles. The number of rotatable bonds is 4. The summed E-state index contributed by atoms with van der Waals surface area (Å²) in [7, 11) is 0. The molecule has 0 unspecified atom stereocenters. The molecule has 4 rings (SSSR count). The van der Waals surface area contributed by atoms with Crippen molar-refractivity contribution in [3.63, 3.8) is 0 Å². The fraction of sp³-hybridized carbons (Fsp3) is 0.381. The number of hydrogen-bond acceptors (Lipinski definition) is 4. The van der Waals surface area contributed by atoms with Crippen LogP contribution in [0.5, 0.6) is 5.75 Å². The summed E-state index contributed by atoms with van der Waals surface area (Å²) >= 11 is 5.95. The van der Waals surface area contributed by atoms with Gasteiger partial charge >= 0.3 is 0 Å². The third kappa shape index (κ3) is 4.04. The molecule has 0 aromatic heterocycles. The third-order valence-electron chi connectivity index (χ3n) is 5.50. The Morgan fingerprint density at radius 2 is 2.07 bits per heavy atom. The van der Waals surface area contributed by atoms with Crippen LogP contribution in [0.1, 0.15) is 24.0 Å². The number of hydrogen-bond donors (Lipinski definition) is 3. The van der Waals surface area contributed by atoms with Crippen LogP contribution in [0.4, 0.5) is 11.4 Å². The lowest BCUT2D eigenvalue weighted by atomic mass is 9.95. The van der Waals surface area contributed by atoms with Gasteiger partial charge in [-0.15, -0.1) is 0 Å². The van der Waals surface area contributed by atoms with Gasteiger partial charge in [-0.2, -0.15) is 0 Å². The molecule has 1 saturated heterocycles. The van der Waals surface area contributed by atoms with E-state index in [0.717, 1.165) is 45.4 Å². The second-order valence-corrected chi connectivity index (χ2v) is 7.77. The maximum Gasteiger partial charge on any atom is 0.227 e. The number of piperidine rings is 1. The van der Waals surface area contributed by atoms with Crippen LogP contribution in [0, 0.1) is 5.92 Å². The highest BCUT2D eigenvalue weighted by Gasteiger charge is 2.26. The maximum absolute atomic E-state index is 12.6. The van der Waals surface area contributed by atoms with Crippen LogP contribution in [-0.2, 0) is 17.8 Å². The number of amides is 1. The largest absolute Gasteiger partial charge is 0.506 e. The van der Waals surface area contributed by atoms with Gasteiger partial charge in [0.25, 0.3) is 0 Å². The van der Waals surface area contributed by atoms with Crippen molar-refractivity contribution in [2.45, 2.75) is 25.8 Å². The van der Waals surface area contributed by atoms with Gasteiger partial charge in [-0.05, 0) is 61.7 Å². The number of anilines is 2. The molecule has 27 heavy (non-hydrogen) atoms. The lowest BCUT2D eigenvalue weighted by Gasteiger charge is -2.31.